The Morgan fingerprint density at radius 2 is 1.75 bits per heavy atom. The van der Waals surface area contributed by atoms with Gasteiger partial charge in [0.15, 0.2) is 8.32 Å². The molecule has 0 amide bonds. The quantitative estimate of drug-likeness (QED) is 0.753. The Hall–Kier alpha value is 0.137. The Bertz CT molecular complexity index is 223. The number of rotatable bonds is 2. The van der Waals surface area contributed by atoms with Gasteiger partial charge in [-0.15, -0.1) is 0 Å². The van der Waals surface area contributed by atoms with E-state index in [0.29, 0.717) is 5.92 Å². The molecule has 3 atom stereocenters. The zero-order valence-electron chi connectivity index (χ0n) is 11.7. The molecule has 3 heteroatoms. The van der Waals surface area contributed by atoms with E-state index < -0.39 is 8.32 Å². The van der Waals surface area contributed by atoms with Crippen molar-refractivity contribution in [2.75, 3.05) is 0 Å². The third-order valence-corrected chi connectivity index (χ3v) is 8.81. The van der Waals surface area contributed by atoms with Crippen molar-refractivity contribution in [2.45, 2.75) is 77.3 Å². The normalized spacial score (nSPS) is 32.8. The summed E-state index contributed by atoms with van der Waals surface area (Å²) in [5, 5.41) is 10.3. The van der Waals surface area contributed by atoms with Gasteiger partial charge in [-0.05, 0) is 36.9 Å². The fourth-order valence-corrected chi connectivity index (χ4v) is 3.49. The molecule has 1 aliphatic carbocycles. The van der Waals surface area contributed by atoms with Crippen LogP contribution in [0.5, 0.6) is 0 Å². The second-order valence-corrected chi connectivity index (χ2v) is 11.6. The molecule has 1 rings (SSSR count). The minimum absolute atomic E-state index is 0.0645. The van der Waals surface area contributed by atoms with E-state index in [2.05, 4.69) is 40.8 Å². The van der Waals surface area contributed by atoms with Gasteiger partial charge < -0.3 is 9.53 Å². The Morgan fingerprint density at radius 3 is 2.19 bits per heavy atom. The van der Waals surface area contributed by atoms with Gasteiger partial charge >= 0.3 is 0 Å². The van der Waals surface area contributed by atoms with Crippen molar-refractivity contribution < 1.29 is 9.53 Å². The largest absolute Gasteiger partial charge is 0.411 e. The lowest BCUT2D eigenvalue weighted by molar-refractivity contribution is -0.0309. The molecule has 0 radical (unpaired) electrons. The van der Waals surface area contributed by atoms with Gasteiger partial charge in [0.05, 0.1) is 12.2 Å². The van der Waals surface area contributed by atoms with E-state index in [1.165, 1.54) is 6.42 Å². The highest BCUT2D eigenvalue weighted by molar-refractivity contribution is 6.74. The first-order valence-electron chi connectivity index (χ1n) is 6.51. The summed E-state index contributed by atoms with van der Waals surface area (Å²) in [7, 11) is -1.74. The van der Waals surface area contributed by atoms with Gasteiger partial charge in [-0.2, -0.15) is 0 Å². The molecule has 16 heavy (non-hydrogen) atoms. The summed E-state index contributed by atoms with van der Waals surface area (Å²) in [6, 6.07) is 0. The maximum Gasteiger partial charge on any atom is 0.192 e. The van der Waals surface area contributed by atoms with Crippen LogP contribution in [0.25, 0.3) is 0 Å². The zero-order chi connectivity index (χ0) is 12.6. The highest BCUT2D eigenvalue weighted by Gasteiger charge is 2.42. The van der Waals surface area contributed by atoms with Crippen LogP contribution in [0.4, 0.5) is 0 Å². The standard InChI is InChI=1S/C13H28O2Si/c1-10-8-7-9-11(14)12(10)15-16(5,6)13(2,3)4/h10-12,14H,7-9H2,1-6H3. The fraction of sp³-hybridized carbons (Fsp3) is 1.00. The topological polar surface area (TPSA) is 29.5 Å². The van der Waals surface area contributed by atoms with Crippen molar-refractivity contribution in [3.05, 3.63) is 0 Å². The molecule has 0 spiro atoms. The van der Waals surface area contributed by atoms with Gasteiger partial charge in [-0.1, -0.05) is 34.1 Å². The summed E-state index contributed by atoms with van der Waals surface area (Å²) in [5.41, 5.74) is 0. The second-order valence-electron chi connectivity index (χ2n) is 6.82. The van der Waals surface area contributed by atoms with E-state index in [9.17, 15) is 5.11 Å². The maximum absolute atomic E-state index is 10.1. The molecule has 1 aliphatic rings. The Kier molecular flexibility index (Phi) is 4.25. The molecule has 0 bridgehead atoms. The van der Waals surface area contributed by atoms with Crippen LogP contribution in [0.15, 0.2) is 0 Å². The highest BCUT2D eigenvalue weighted by atomic mass is 28.4. The lowest BCUT2D eigenvalue weighted by Crippen LogP contribution is -2.50. The van der Waals surface area contributed by atoms with Gasteiger partial charge in [-0.25, -0.2) is 0 Å². The number of hydrogen-bond acceptors (Lipinski definition) is 2. The number of aliphatic hydroxyl groups is 1. The summed E-state index contributed by atoms with van der Waals surface area (Å²) < 4.78 is 6.36. The van der Waals surface area contributed by atoms with Gasteiger partial charge in [0.25, 0.3) is 0 Å². The SMILES string of the molecule is CC1CCCC(O)C1O[Si](C)(C)C(C)(C)C. The molecule has 0 aromatic rings. The van der Waals surface area contributed by atoms with E-state index in [1.54, 1.807) is 0 Å². The predicted octanol–water partition coefficient (Wildman–Crippen LogP) is 3.56. The van der Waals surface area contributed by atoms with Crippen LogP contribution >= 0.6 is 0 Å². The lowest BCUT2D eigenvalue weighted by Gasteiger charge is -2.44. The zero-order valence-corrected chi connectivity index (χ0v) is 12.7. The first kappa shape index (κ1) is 14.2. The Morgan fingerprint density at radius 1 is 1.19 bits per heavy atom. The summed E-state index contributed by atoms with van der Waals surface area (Å²) in [6.45, 7) is 13.5. The minimum atomic E-state index is -1.74. The summed E-state index contributed by atoms with van der Waals surface area (Å²) in [4.78, 5) is 0. The van der Waals surface area contributed by atoms with Gasteiger partial charge in [0.2, 0.25) is 0 Å². The fourth-order valence-electron chi connectivity index (χ4n) is 2.07. The van der Waals surface area contributed by atoms with Crippen molar-refractivity contribution in [2.24, 2.45) is 5.92 Å². The molecule has 96 valence electrons. The van der Waals surface area contributed by atoms with Crippen LogP contribution in [0.3, 0.4) is 0 Å². The van der Waals surface area contributed by atoms with E-state index in [1.807, 2.05) is 0 Å². The van der Waals surface area contributed by atoms with E-state index in [4.69, 9.17) is 4.43 Å². The monoisotopic (exact) mass is 244 g/mol. The molecule has 1 saturated carbocycles. The van der Waals surface area contributed by atoms with Crippen molar-refractivity contribution in [3.63, 3.8) is 0 Å². The first-order chi connectivity index (χ1) is 7.15. The maximum atomic E-state index is 10.1. The third kappa shape index (κ3) is 3.08. The molecule has 3 unspecified atom stereocenters. The minimum Gasteiger partial charge on any atom is -0.411 e. The molecule has 1 N–H and O–H groups in total. The Balaban J connectivity index is 2.71. The average Bonchev–Trinajstić information content (AvgIpc) is 2.10. The van der Waals surface area contributed by atoms with Crippen molar-refractivity contribution in [1.29, 1.82) is 0 Å². The van der Waals surface area contributed by atoms with E-state index in [-0.39, 0.29) is 17.2 Å². The van der Waals surface area contributed by atoms with Crippen molar-refractivity contribution in [3.8, 4) is 0 Å². The molecular formula is C13H28O2Si. The summed E-state index contributed by atoms with van der Waals surface area (Å²) in [5.74, 6) is 0.498. The van der Waals surface area contributed by atoms with E-state index in [0.717, 1.165) is 12.8 Å². The van der Waals surface area contributed by atoms with Crippen molar-refractivity contribution >= 4 is 8.32 Å². The van der Waals surface area contributed by atoms with Crippen LogP contribution < -0.4 is 0 Å². The van der Waals surface area contributed by atoms with Crippen LogP contribution in [0, 0.1) is 5.92 Å². The van der Waals surface area contributed by atoms with Crippen LogP contribution in [-0.2, 0) is 4.43 Å². The molecule has 1 fully saturated rings. The van der Waals surface area contributed by atoms with Gasteiger partial charge in [0.1, 0.15) is 0 Å². The lowest BCUT2D eigenvalue weighted by atomic mass is 9.86. The van der Waals surface area contributed by atoms with Crippen LogP contribution in [0.1, 0.15) is 47.0 Å². The molecule has 0 aliphatic heterocycles. The second kappa shape index (κ2) is 4.79. The molecule has 0 heterocycles. The number of aliphatic hydroxyl groups excluding tert-OH is 1. The molecule has 0 aromatic heterocycles. The average molecular weight is 244 g/mol. The first-order valence-corrected chi connectivity index (χ1v) is 9.42. The van der Waals surface area contributed by atoms with Crippen LogP contribution in [-0.4, -0.2) is 25.6 Å². The van der Waals surface area contributed by atoms with Crippen molar-refractivity contribution in [1.82, 2.24) is 0 Å². The van der Waals surface area contributed by atoms with E-state index >= 15 is 0 Å². The smallest absolute Gasteiger partial charge is 0.192 e. The Labute approximate surface area is 102 Å². The predicted molar refractivity (Wildman–Crippen MR) is 71.1 cm³/mol. The number of hydrogen-bond donors (Lipinski definition) is 1. The highest BCUT2D eigenvalue weighted by Crippen LogP contribution is 2.40. The van der Waals surface area contributed by atoms with Gasteiger partial charge in [-0.3, -0.25) is 0 Å². The summed E-state index contributed by atoms with van der Waals surface area (Å²) in [6.07, 6.45) is 3.05. The van der Waals surface area contributed by atoms with Crippen LogP contribution in [0.2, 0.25) is 18.1 Å². The molecule has 2 nitrogen and oxygen atoms in total. The molecular weight excluding hydrogens is 216 g/mol. The molecule has 0 aromatic carbocycles. The third-order valence-electron chi connectivity index (χ3n) is 4.34. The summed E-state index contributed by atoms with van der Waals surface area (Å²) >= 11 is 0. The van der Waals surface area contributed by atoms with Gasteiger partial charge in [0, 0.05) is 0 Å². The molecule has 0 saturated heterocycles.